The van der Waals surface area contributed by atoms with Crippen LogP contribution in [0.4, 0.5) is 17.1 Å². The second kappa shape index (κ2) is 15.4. The fourth-order valence-corrected chi connectivity index (χ4v) is 16.0. The summed E-state index contributed by atoms with van der Waals surface area (Å²) in [4.78, 5) is 17.8. The number of rotatable bonds is 6. The molecule has 0 amide bonds. The van der Waals surface area contributed by atoms with Gasteiger partial charge in [0.25, 0.3) is 0 Å². The number of hydrogen-bond acceptors (Lipinski definition) is 5. The van der Waals surface area contributed by atoms with E-state index in [9.17, 15) is 5.26 Å². The average Bonchev–Trinajstić information content (AvgIpc) is 3.39. The SMILES string of the molecule is N#Cc1ccc(-c2nc(-c3ccccc3)nc(-c3ccccc3)n2)c(N2c3ccccc3C3(c4ccccc42)c2ccccc2[Si](c2ccccc2)(c2ccccc2)c2ccccc23)c1. The molecule has 5 nitrogen and oxygen atoms in total. The molecule has 0 fully saturated rings. The van der Waals surface area contributed by atoms with Gasteiger partial charge in [-0.15, -0.1) is 0 Å². The predicted molar refractivity (Wildman–Crippen MR) is 265 cm³/mol. The molecule has 2 aliphatic heterocycles. The quantitative estimate of drug-likeness (QED) is 0.156. The maximum atomic E-state index is 10.5. The number of nitrogens with zero attached hydrogens (tertiary/aromatic N) is 5. The van der Waals surface area contributed by atoms with Crippen LogP contribution in [0.3, 0.4) is 0 Å². The van der Waals surface area contributed by atoms with Crippen molar-refractivity contribution in [1.82, 2.24) is 15.0 Å². The first-order valence-corrected chi connectivity index (χ1v) is 23.9. The summed E-state index contributed by atoms with van der Waals surface area (Å²) in [6.45, 7) is 0. The molecule has 0 radical (unpaired) electrons. The van der Waals surface area contributed by atoms with Crippen molar-refractivity contribution < 1.29 is 0 Å². The Labute approximate surface area is 379 Å². The van der Waals surface area contributed by atoms with Crippen LogP contribution in [-0.2, 0) is 5.41 Å². The minimum absolute atomic E-state index is 0.516. The van der Waals surface area contributed by atoms with Gasteiger partial charge in [-0.2, -0.15) is 5.26 Å². The Morgan fingerprint density at radius 2 is 0.785 bits per heavy atom. The van der Waals surface area contributed by atoms with Crippen molar-refractivity contribution in [3.63, 3.8) is 0 Å². The van der Waals surface area contributed by atoms with Gasteiger partial charge in [-0.25, -0.2) is 15.0 Å². The molecule has 0 atom stereocenters. The van der Waals surface area contributed by atoms with Crippen LogP contribution in [0.5, 0.6) is 0 Å². The Morgan fingerprint density at radius 3 is 1.26 bits per heavy atom. The fourth-order valence-electron chi connectivity index (χ4n) is 10.7. The molecule has 1 aromatic heterocycles. The summed E-state index contributed by atoms with van der Waals surface area (Å²) in [5.74, 6) is 1.66. The molecule has 65 heavy (non-hydrogen) atoms. The molecule has 1 spiro atoms. The molecular weight excluding hydrogens is 807 g/mol. The molecule has 304 valence electrons. The highest BCUT2D eigenvalue weighted by Crippen LogP contribution is 2.59. The molecule has 3 heterocycles. The van der Waals surface area contributed by atoms with Crippen LogP contribution >= 0.6 is 0 Å². The van der Waals surface area contributed by atoms with E-state index in [-0.39, 0.29) is 0 Å². The van der Waals surface area contributed by atoms with Crippen LogP contribution < -0.4 is 25.6 Å². The summed E-state index contributed by atoms with van der Waals surface area (Å²) in [6.07, 6.45) is 0. The Morgan fingerprint density at radius 1 is 0.385 bits per heavy atom. The standard InChI is InChI=1S/C59H39N5Si/c60-40-41-37-38-46(58-62-56(42-21-5-1-6-22-42)61-57(63-58)43-23-7-2-8-24-43)53(39-41)64-51-33-17-13-29-47(51)59(48-30-14-18-34-52(48)64)49-31-15-19-35-54(49)65(44-25-9-3-10-26-44,45-27-11-4-12-28-45)55-36-20-16-32-50(55)59/h1-39H. The molecule has 2 aliphatic rings. The van der Waals surface area contributed by atoms with Crippen LogP contribution in [0.15, 0.2) is 237 Å². The van der Waals surface area contributed by atoms with Crippen LogP contribution in [0, 0.1) is 11.3 Å². The van der Waals surface area contributed by atoms with Gasteiger partial charge in [0.05, 0.1) is 34.1 Å². The minimum Gasteiger partial charge on any atom is -0.309 e. The van der Waals surface area contributed by atoms with Crippen LogP contribution in [0.25, 0.3) is 34.2 Å². The Bertz CT molecular complexity index is 3260. The molecule has 0 saturated heterocycles. The first-order chi connectivity index (χ1) is 32.2. The highest BCUT2D eigenvalue weighted by Gasteiger charge is 2.57. The first kappa shape index (κ1) is 38.2. The van der Waals surface area contributed by atoms with E-state index >= 15 is 0 Å². The number of hydrogen-bond donors (Lipinski definition) is 0. The molecular formula is C59H39N5Si. The van der Waals surface area contributed by atoms with Gasteiger partial charge in [-0.1, -0.05) is 206 Å². The van der Waals surface area contributed by atoms with Crippen LogP contribution in [0.1, 0.15) is 27.8 Å². The molecule has 12 rings (SSSR count). The molecule has 0 N–H and O–H groups in total. The topological polar surface area (TPSA) is 65.7 Å². The van der Waals surface area contributed by atoms with E-state index in [2.05, 4.69) is 169 Å². The largest absolute Gasteiger partial charge is 0.309 e. The number of fused-ring (bicyclic) bond motifs is 8. The van der Waals surface area contributed by atoms with E-state index in [0.717, 1.165) is 44.9 Å². The molecule has 6 heteroatoms. The van der Waals surface area contributed by atoms with E-state index in [1.54, 1.807) is 0 Å². The summed E-state index contributed by atoms with van der Waals surface area (Å²) in [5, 5.41) is 16.0. The van der Waals surface area contributed by atoms with Crippen molar-refractivity contribution in [3.8, 4) is 40.2 Å². The highest BCUT2D eigenvalue weighted by atomic mass is 28.3. The second-order valence-corrected chi connectivity index (χ2v) is 20.3. The molecule has 9 aromatic carbocycles. The molecule has 0 unspecified atom stereocenters. The van der Waals surface area contributed by atoms with Gasteiger partial charge in [0, 0.05) is 16.7 Å². The van der Waals surface area contributed by atoms with Crippen LogP contribution in [0.2, 0.25) is 0 Å². The number of anilines is 3. The number of aromatic nitrogens is 3. The monoisotopic (exact) mass is 845 g/mol. The Balaban J connectivity index is 1.16. The summed E-state index contributed by atoms with van der Waals surface area (Å²) in [5.41, 5.74) is 10.1. The van der Waals surface area contributed by atoms with E-state index in [0.29, 0.717) is 23.0 Å². The van der Waals surface area contributed by atoms with Gasteiger partial charge in [0.2, 0.25) is 0 Å². The third kappa shape index (κ3) is 5.73. The third-order valence-corrected chi connectivity index (χ3v) is 18.2. The van der Waals surface area contributed by atoms with Gasteiger partial charge in [-0.3, -0.25) is 0 Å². The van der Waals surface area contributed by atoms with Gasteiger partial charge < -0.3 is 4.90 Å². The van der Waals surface area contributed by atoms with Gasteiger partial charge >= 0.3 is 0 Å². The molecule has 0 saturated carbocycles. The maximum absolute atomic E-state index is 10.5. The summed E-state index contributed by atoms with van der Waals surface area (Å²) < 4.78 is 0. The van der Waals surface area contributed by atoms with Gasteiger partial charge in [-0.05, 0) is 73.3 Å². The van der Waals surface area contributed by atoms with Crippen molar-refractivity contribution in [2.45, 2.75) is 5.41 Å². The smallest absolute Gasteiger partial charge is 0.180 e. The van der Waals surface area contributed by atoms with E-state index in [4.69, 9.17) is 15.0 Å². The van der Waals surface area contributed by atoms with E-state index < -0.39 is 13.5 Å². The predicted octanol–water partition coefficient (Wildman–Crippen LogP) is 10.6. The lowest BCUT2D eigenvalue weighted by atomic mass is 9.62. The third-order valence-electron chi connectivity index (χ3n) is 13.3. The Hall–Kier alpha value is -8.50. The zero-order valence-corrected chi connectivity index (χ0v) is 36.3. The first-order valence-electron chi connectivity index (χ1n) is 21.9. The minimum atomic E-state index is -2.91. The fraction of sp³-hybridized carbons (Fsp3) is 0.0169. The van der Waals surface area contributed by atoms with Gasteiger partial charge in [0.15, 0.2) is 25.5 Å². The molecule has 0 bridgehead atoms. The number of para-hydroxylation sites is 2. The second-order valence-electron chi connectivity index (χ2n) is 16.6. The molecule has 0 aliphatic carbocycles. The van der Waals surface area contributed by atoms with Crippen LogP contribution in [-0.4, -0.2) is 23.0 Å². The van der Waals surface area contributed by atoms with E-state index in [1.165, 1.54) is 31.9 Å². The van der Waals surface area contributed by atoms with Crippen molar-refractivity contribution in [2.24, 2.45) is 0 Å². The lowest BCUT2D eigenvalue weighted by Gasteiger charge is -2.53. The lowest BCUT2D eigenvalue weighted by molar-refractivity contribution is 0.736. The summed E-state index contributed by atoms with van der Waals surface area (Å²) in [7, 11) is -2.91. The average molecular weight is 846 g/mol. The normalized spacial score (nSPS) is 13.7. The van der Waals surface area contributed by atoms with Crippen molar-refractivity contribution in [3.05, 3.63) is 264 Å². The highest BCUT2D eigenvalue weighted by molar-refractivity contribution is 7.20. The summed E-state index contributed by atoms with van der Waals surface area (Å²) >= 11 is 0. The van der Waals surface area contributed by atoms with Crippen molar-refractivity contribution in [1.29, 1.82) is 5.26 Å². The number of benzene rings is 9. The van der Waals surface area contributed by atoms with Crippen molar-refractivity contribution >= 4 is 45.9 Å². The lowest BCUT2D eigenvalue weighted by Crippen LogP contribution is -2.79. The summed E-state index contributed by atoms with van der Waals surface area (Å²) in [6, 6.07) is 86.9. The Kier molecular flexibility index (Phi) is 9.04. The van der Waals surface area contributed by atoms with Crippen molar-refractivity contribution in [2.75, 3.05) is 4.90 Å². The molecule has 10 aromatic rings. The number of nitriles is 1. The maximum Gasteiger partial charge on any atom is 0.180 e. The zero-order valence-electron chi connectivity index (χ0n) is 35.3. The van der Waals surface area contributed by atoms with Gasteiger partial charge in [0.1, 0.15) is 0 Å². The van der Waals surface area contributed by atoms with E-state index in [1.807, 2.05) is 78.9 Å². The zero-order chi connectivity index (χ0) is 43.4.